The number of H-pyrrole nitrogens is 1. The van der Waals surface area contributed by atoms with Crippen LogP contribution in [0.5, 0.6) is 0 Å². The third kappa shape index (κ3) is 2.42. The molecule has 0 amide bonds. The van der Waals surface area contributed by atoms with Gasteiger partial charge in [0.25, 0.3) is 0 Å². The molecule has 130 valence electrons. The van der Waals surface area contributed by atoms with Gasteiger partial charge in [-0.3, -0.25) is 0 Å². The first-order valence-electron chi connectivity index (χ1n) is 7.67. The van der Waals surface area contributed by atoms with Crippen LogP contribution in [0.15, 0.2) is 70.7 Å². The third-order valence-electron chi connectivity index (χ3n) is 4.01. The summed E-state index contributed by atoms with van der Waals surface area (Å²) in [7, 11) is -4.20. The van der Waals surface area contributed by atoms with Crippen LogP contribution < -0.4 is 5.73 Å². The summed E-state index contributed by atoms with van der Waals surface area (Å²) in [5, 5.41) is 0. The number of fused-ring (bicyclic) bond motifs is 1. The SMILES string of the molecule is Nc1[nH]c2c(-c3ccccc3)ncnc2c1S(=O)(=O)c1ccccc1F. The lowest BCUT2D eigenvalue weighted by Crippen LogP contribution is -2.07. The molecule has 0 radical (unpaired) electrons. The van der Waals surface area contributed by atoms with Crippen molar-refractivity contribution in [1.82, 2.24) is 15.0 Å². The molecule has 26 heavy (non-hydrogen) atoms. The summed E-state index contributed by atoms with van der Waals surface area (Å²) in [5.41, 5.74) is 7.74. The third-order valence-corrected chi connectivity index (χ3v) is 5.87. The molecule has 0 saturated carbocycles. The monoisotopic (exact) mass is 368 g/mol. The van der Waals surface area contributed by atoms with E-state index in [1.165, 1.54) is 24.5 Å². The number of nitrogens with one attached hydrogen (secondary N) is 1. The minimum atomic E-state index is -4.20. The topological polar surface area (TPSA) is 102 Å². The maximum atomic E-state index is 14.1. The molecule has 0 unspecified atom stereocenters. The first-order chi connectivity index (χ1) is 12.5. The van der Waals surface area contributed by atoms with Crippen molar-refractivity contribution in [1.29, 1.82) is 0 Å². The maximum absolute atomic E-state index is 14.1. The lowest BCUT2D eigenvalue weighted by Gasteiger charge is -2.05. The summed E-state index contributed by atoms with van der Waals surface area (Å²) in [6.45, 7) is 0. The van der Waals surface area contributed by atoms with E-state index in [-0.39, 0.29) is 16.2 Å². The molecular weight excluding hydrogens is 355 g/mol. The smallest absolute Gasteiger partial charge is 0.215 e. The number of aromatic nitrogens is 3. The molecule has 0 bridgehead atoms. The zero-order chi connectivity index (χ0) is 18.3. The second-order valence-electron chi connectivity index (χ2n) is 5.61. The van der Waals surface area contributed by atoms with Gasteiger partial charge in [0, 0.05) is 5.56 Å². The Hall–Kier alpha value is -3.26. The van der Waals surface area contributed by atoms with Crippen LogP contribution in [-0.4, -0.2) is 23.4 Å². The molecule has 8 heteroatoms. The van der Waals surface area contributed by atoms with Crippen LogP contribution in [0, 0.1) is 5.82 Å². The van der Waals surface area contributed by atoms with E-state index in [0.29, 0.717) is 11.2 Å². The molecule has 0 aliphatic heterocycles. The van der Waals surface area contributed by atoms with Crippen molar-refractivity contribution in [2.45, 2.75) is 9.79 Å². The van der Waals surface area contributed by atoms with Gasteiger partial charge in [-0.25, -0.2) is 22.8 Å². The number of hydrogen-bond acceptors (Lipinski definition) is 5. The minimum absolute atomic E-state index is 0.110. The van der Waals surface area contributed by atoms with Crippen molar-refractivity contribution in [2.24, 2.45) is 0 Å². The summed E-state index contributed by atoms with van der Waals surface area (Å²) in [6, 6.07) is 14.4. The van der Waals surface area contributed by atoms with E-state index in [1.807, 2.05) is 30.3 Å². The zero-order valence-electron chi connectivity index (χ0n) is 13.3. The lowest BCUT2D eigenvalue weighted by molar-refractivity contribution is 0.567. The molecule has 2 aromatic heterocycles. The molecule has 4 aromatic rings. The number of hydrogen-bond donors (Lipinski definition) is 2. The summed E-state index contributed by atoms with van der Waals surface area (Å²) in [5.74, 6) is -0.959. The van der Waals surface area contributed by atoms with Crippen molar-refractivity contribution in [3.05, 3.63) is 66.7 Å². The Morgan fingerprint density at radius 1 is 0.962 bits per heavy atom. The largest absolute Gasteiger partial charge is 0.384 e. The summed E-state index contributed by atoms with van der Waals surface area (Å²) in [6.07, 6.45) is 1.26. The molecule has 3 N–H and O–H groups in total. The first-order valence-corrected chi connectivity index (χ1v) is 9.15. The van der Waals surface area contributed by atoms with Gasteiger partial charge < -0.3 is 10.7 Å². The minimum Gasteiger partial charge on any atom is -0.384 e. The standard InChI is InChI=1S/C18H13FN4O2S/c19-12-8-4-5-9-13(12)26(24,25)17-16-15(23-18(17)20)14(21-10-22-16)11-6-2-1-3-7-11/h1-10,23H,20H2. The van der Waals surface area contributed by atoms with Gasteiger partial charge in [-0.15, -0.1) is 0 Å². The van der Waals surface area contributed by atoms with Crippen LogP contribution in [0.2, 0.25) is 0 Å². The van der Waals surface area contributed by atoms with Crippen LogP contribution in [-0.2, 0) is 9.84 Å². The predicted octanol–water partition coefficient (Wildman–Crippen LogP) is 3.18. The van der Waals surface area contributed by atoms with E-state index >= 15 is 0 Å². The Kier molecular flexibility index (Phi) is 3.69. The van der Waals surface area contributed by atoms with Gasteiger partial charge in [-0.05, 0) is 12.1 Å². The number of halogens is 1. The van der Waals surface area contributed by atoms with Gasteiger partial charge in [-0.2, -0.15) is 0 Å². The Bertz CT molecular complexity index is 1220. The van der Waals surface area contributed by atoms with Gasteiger partial charge in [-0.1, -0.05) is 42.5 Å². The highest BCUT2D eigenvalue weighted by Gasteiger charge is 2.29. The highest BCUT2D eigenvalue weighted by atomic mass is 32.2. The van der Waals surface area contributed by atoms with Crippen molar-refractivity contribution < 1.29 is 12.8 Å². The second-order valence-corrected chi connectivity index (χ2v) is 7.47. The molecule has 6 nitrogen and oxygen atoms in total. The Morgan fingerprint density at radius 2 is 1.65 bits per heavy atom. The van der Waals surface area contributed by atoms with E-state index in [1.54, 1.807) is 0 Å². The number of aromatic amines is 1. The quantitative estimate of drug-likeness (QED) is 0.578. The number of nitrogens with two attached hydrogens (primary N) is 1. The van der Waals surface area contributed by atoms with Crippen molar-refractivity contribution in [3.8, 4) is 11.3 Å². The Labute approximate surface area is 148 Å². The van der Waals surface area contributed by atoms with Crippen LogP contribution in [0.25, 0.3) is 22.3 Å². The van der Waals surface area contributed by atoms with Gasteiger partial charge in [0.05, 0.1) is 11.2 Å². The number of anilines is 1. The molecule has 0 aliphatic rings. The van der Waals surface area contributed by atoms with Crippen molar-refractivity contribution in [2.75, 3.05) is 5.73 Å². The molecule has 0 fully saturated rings. The molecule has 0 aliphatic carbocycles. The fourth-order valence-corrected chi connectivity index (χ4v) is 4.41. The second kappa shape index (κ2) is 5.92. The fourth-order valence-electron chi connectivity index (χ4n) is 2.85. The van der Waals surface area contributed by atoms with E-state index in [4.69, 9.17) is 5.73 Å². The average molecular weight is 368 g/mol. The van der Waals surface area contributed by atoms with Crippen LogP contribution in [0.3, 0.4) is 0 Å². The summed E-state index contributed by atoms with van der Waals surface area (Å²) in [4.78, 5) is 10.5. The lowest BCUT2D eigenvalue weighted by atomic mass is 10.1. The molecule has 0 saturated heterocycles. The Morgan fingerprint density at radius 3 is 2.38 bits per heavy atom. The molecule has 2 aromatic carbocycles. The van der Waals surface area contributed by atoms with E-state index in [9.17, 15) is 12.8 Å². The van der Waals surface area contributed by atoms with Gasteiger partial charge in [0.15, 0.2) is 0 Å². The average Bonchev–Trinajstić information content (AvgIpc) is 2.99. The van der Waals surface area contributed by atoms with Crippen LogP contribution in [0.1, 0.15) is 0 Å². The van der Waals surface area contributed by atoms with Crippen molar-refractivity contribution in [3.63, 3.8) is 0 Å². The molecule has 4 rings (SSSR count). The van der Waals surface area contributed by atoms with E-state index in [2.05, 4.69) is 15.0 Å². The van der Waals surface area contributed by atoms with Gasteiger partial charge >= 0.3 is 0 Å². The summed E-state index contributed by atoms with van der Waals surface area (Å²) < 4.78 is 40.1. The van der Waals surface area contributed by atoms with Crippen LogP contribution >= 0.6 is 0 Å². The first kappa shape index (κ1) is 16.2. The maximum Gasteiger partial charge on any atom is 0.215 e. The van der Waals surface area contributed by atoms with Gasteiger partial charge in [0.1, 0.15) is 33.3 Å². The Balaban J connectivity index is 2.01. The normalized spacial score (nSPS) is 11.7. The number of rotatable bonds is 3. The fraction of sp³-hybridized carbons (Fsp3) is 0. The molecular formula is C18H13FN4O2S. The van der Waals surface area contributed by atoms with Crippen molar-refractivity contribution >= 4 is 26.7 Å². The van der Waals surface area contributed by atoms with E-state index in [0.717, 1.165) is 11.6 Å². The zero-order valence-corrected chi connectivity index (χ0v) is 14.2. The predicted molar refractivity (Wildman–Crippen MR) is 95.6 cm³/mol. The summed E-state index contributed by atoms with van der Waals surface area (Å²) >= 11 is 0. The molecule has 0 spiro atoms. The van der Waals surface area contributed by atoms with E-state index < -0.39 is 20.5 Å². The van der Waals surface area contributed by atoms with Gasteiger partial charge in [0.2, 0.25) is 9.84 Å². The number of benzene rings is 2. The number of sulfone groups is 1. The molecule has 2 heterocycles. The number of nitrogens with zero attached hydrogens (tertiary/aromatic N) is 2. The highest BCUT2D eigenvalue weighted by Crippen LogP contribution is 2.36. The van der Waals surface area contributed by atoms with Crippen LogP contribution in [0.4, 0.5) is 10.2 Å². The molecule has 0 atom stereocenters. The number of nitrogen functional groups attached to an aromatic ring is 1. The highest BCUT2D eigenvalue weighted by molar-refractivity contribution is 7.92.